The molecule has 0 saturated carbocycles. The second-order valence-electron chi connectivity index (χ2n) is 5.67. The van der Waals surface area contributed by atoms with Crippen LogP contribution in [-0.4, -0.2) is 36.6 Å². The van der Waals surface area contributed by atoms with Gasteiger partial charge in [0.2, 0.25) is 0 Å². The van der Waals surface area contributed by atoms with E-state index in [9.17, 15) is 4.79 Å². The van der Waals surface area contributed by atoms with E-state index in [0.717, 1.165) is 12.8 Å². The Bertz CT molecular complexity index is 484. The maximum Gasteiger partial charge on any atom is 0.251 e. The van der Waals surface area contributed by atoms with Crippen LogP contribution in [0.4, 0.5) is 0 Å². The number of rotatable bonds is 5. The predicted octanol–water partition coefficient (Wildman–Crippen LogP) is 2.99. The molecule has 0 aromatic heterocycles. The van der Waals surface area contributed by atoms with Gasteiger partial charge in [-0.3, -0.25) is 4.79 Å². The summed E-state index contributed by atoms with van der Waals surface area (Å²) in [6.45, 7) is 5.17. The smallest absolute Gasteiger partial charge is 0.251 e. The highest BCUT2D eigenvalue weighted by molar-refractivity contribution is 6.19. The number of carbonyl (C=O) groups excluding carboxylic acids is 1. The lowest BCUT2D eigenvalue weighted by Crippen LogP contribution is -2.53. The molecule has 1 saturated heterocycles. The first-order chi connectivity index (χ1) is 10.0. The number of alkyl halides is 1. The minimum Gasteiger partial charge on any atom is -0.491 e. The van der Waals surface area contributed by atoms with Crippen LogP contribution in [0.25, 0.3) is 0 Å². The van der Waals surface area contributed by atoms with Gasteiger partial charge >= 0.3 is 0 Å². The molecule has 0 bridgehead atoms. The molecular formula is C16H22ClNO3. The highest BCUT2D eigenvalue weighted by atomic mass is 35.5. The van der Waals surface area contributed by atoms with E-state index in [4.69, 9.17) is 21.1 Å². The normalized spacial score (nSPS) is 17.5. The van der Waals surface area contributed by atoms with Crippen LogP contribution in [0.15, 0.2) is 24.3 Å². The molecule has 0 spiro atoms. The largest absolute Gasteiger partial charge is 0.491 e. The highest BCUT2D eigenvalue weighted by Gasteiger charge is 2.33. The van der Waals surface area contributed by atoms with Crippen LogP contribution in [0.1, 0.15) is 37.0 Å². The maximum atomic E-state index is 12.4. The van der Waals surface area contributed by atoms with Crippen LogP contribution in [0, 0.1) is 0 Å². The van der Waals surface area contributed by atoms with Gasteiger partial charge in [0.25, 0.3) is 5.91 Å². The average molecular weight is 312 g/mol. The van der Waals surface area contributed by atoms with Crippen LogP contribution < -0.4 is 10.1 Å². The topological polar surface area (TPSA) is 47.6 Å². The minimum absolute atomic E-state index is 0.0768. The van der Waals surface area contributed by atoms with Crippen molar-refractivity contribution in [3.05, 3.63) is 29.8 Å². The van der Waals surface area contributed by atoms with E-state index in [0.29, 0.717) is 30.4 Å². The van der Waals surface area contributed by atoms with Crippen LogP contribution in [-0.2, 0) is 4.74 Å². The summed E-state index contributed by atoms with van der Waals surface area (Å²) >= 11 is 6.07. The fourth-order valence-corrected chi connectivity index (χ4v) is 2.68. The lowest BCUT2D eigenvalue weighted by atomic mass is 9.92. The molecule has 1 heterocycles. The Kier molecular flexibility index (Phi) is 5.48. The van der Waals surface area contributed by atoms with Crippen molar-refractivity contribution >= 4 is 17.5 Å². The first-order valence-corrected chi connectivity index (χ1v) is 7.81. The quantitative estimate of drug-likeness (QED) is 0.850. The summed E-state index contributed by atoms with van der Waals surface area (Å²) in [6.07, 6.45) is 1.56. The maximum absolute atomic E-state index is 12.4. The van der Waals surface area contributed by atoms with Gasteiger partial charge in [-0.15, -0.1) is 11.6 Å². The Balaban J connectivity index is 2.08. The van der Waals surface area contributed by atoms with Crippen molar-refractivity contribution < 1.29 is 14.3 Å². The van der Waals surface area contributed by atoms with Crippen LogP contribution >= 0.6 is 11.6 Å². The molecule has 1 aromatic carbocycles. The molecule has 5 heteroatoms. The number of ether oxygens (including phenoxy) is 2. The third-order valence-corrected chi connectivity index (χ3v) is 4.06. The fraction of sp³-hybridized carbons (Fsp3) is 0.562. The summed E-state index contributed by atoms with van der Waals surface area (Å²) in [4.78, 5) is 12.4. The summed E-state index contributed by atoms with van der Waals surface area (Å²) in [5.41, 5.74) is 0.218. The van der Waals surface area contributed by atoms with Crippen molar-refractivity contribution in [2.45, 2.75) is 38.3 Å². The molecule has 1 amide bonds. The van der Waals surface area contributed by atoms with E-state index >= 15 is 0 Å². The first kappa shape index (κ1) is 16.1. The van der Waals surface area contributed by atoms with Crippen molar-refractivity contribution in [2.24, 2.45) is 0 Å². The fourth-order valence-electron chi connectivity index (χ4n) is 2.35. The molecular weight excluding hydrogens is 290 g/mol. The van der Waals surface area contributed by atoms with E-state index in [1.54, 1.807) is 12.1 Å². The zero-order valence-corrected chi connectivity index (χ0v) is 13.3. The number of hydrogen-bond acceptors (Lipinski definition) is 3. The molecule has 0 atom stereocenters. The van der Waals surface area contributed by atoms with E-state index in [2.05, 4.69) is 5.32 Å². The van der Waals surface area contributed by atoms with Crippen molar-refractivity contribution in [2.75, 3.05) is 19.1 Å². The third kappa shape index (κ3) is 4.35. The molecule has 1 aliphatic heterocycles. The minimum atomic E-state index is -0.369. The summed E-state index contributed by atoms with van der Waals surface area (Å²) in [5, 5.41) is 3.07. The van der Waals surface area contributed by atoms with Gasteiger partial charge in [0.1, 0.15) is 5.75 Å². The lowest BCUT2D eigenvalue weighted by molar-refractivity contribution is 0.0433. The van der Waals surface area contributed by atoms with E-state index < -0.39 is 0 Å². The molecule has 0 unspecified atom stereocenters. The van der Waals surface area contributed by atoms with E-state index in [1.165, 1.54) is 0 Å². The number of carbonyl (C=O) groups is 1. The Hall–Kier alpha value is -1.26. The van der Waals surface area contributed by atoms with Crippen molar-refractivity contribution in [3.63, 3.8) is 0 Å². The SMILES string of the molecule is CC(C)Oc1cccc(C(=O)NC2(CCl)CCOCC2)c1. The van der Waals surface area contributed by atoms with Crippen molar-refractivity contribution in [3.8, 4) is 5.75 Å². The molecule has 1 aromatic rings. The first-order valence-electron chi connectivity index (χ1n) is 7.28. The standard InChI is InChI=1S/C16H22ClNO3/c1-12(2)21-14-5-3-4-13(10-14)15(19)18-16(11-17)6-8-20-9-7-16/h3-5,10,12H,6-9,11H2,1-2H3,(H,18,19). The van der Waals surface area contributed by atoms with Gasteiger partial charge in [-0.05, 0) is 44.9 Å². The van der Waals surface area contributed by atoms with Gasteiger partial charge in [0, 0.05) is 24.7 Å². The monoisotopic (exact) mass is 311 g/mol. The number of benzene rings is 1. The summed E-state index contributed by atoms with van der Waals surface area (Å²) in [5.74, 6) is 0.973. The lowest BCUT2D eigenvalue weighted by Gasteiger charge is -2.36. The van der Waals surface area contributed by atoms with Gasteiger partial charge < -0.3 is 14.8 Å². The summed E-state index contributed by atoms with van der Waals surface area (Å²) < 4.78 is 11.0. The summed E-state index contributed by atoms with van der Waals surface area (Å²) in [6, 6.07) is 7.22. The molecule has 0 aliphatic carbocycles. The highest BCUT2D eigenvalue weighted by Crippen LogP contribution is 2.23. The molecule has 4 nitrogen and oxygen atoms in total. The zero-order chi connectivity index (χ0) is 15.3. The Morgan fingerprint density at radius 1 is 1.43 bits per heavy atom. The number of halogens is 1. The Morgan fingerprint density at radius 2 is 2.14 bits per heavy atom. The van der Waals surface area contributed by atoms with Crippen LogP contribution in [0.2, 0.25) is 0 Å². The molecule has 1 N–H and O–H groups in total. The zero-order valence-electron chi connectivity index (χ0n) is 12.5. The Morgan fingerprint density at radius 3 is 2.76 bits per heavy atom. The molecule has 116 valence electrons. The second kappa shape index (κ2) is 7.14. The Labute approximate surface area is 130 Å². The molecule has 0 radical (unpaired) electrons. The molecule has 2 rings (SSSR count). The third-order valence-electron chi connectivity index (χ3n) is 3.55. The molecule has 21 heavy (non-hydrogen) atoms. The molecule has 1 fully saturated rings. The molecule has 1 aliphatic rings. The summed E-state index contributed by atoms with van der Waals surface area (Å²) in [7, 11) is 0. The predicted molar refractivity (Wildman–Crippen MR) is 83.2 cm³/mol. The number of amides is 1. The van der Waals surface area contributed by atoms with Crippen LogP contribution in [0.3, 0.4) is 0 Å². The van der Waals surface area contributed by atoms with Gasteiger partial charge in [-0.25, -0.2) is 0 Å². The second-order valence-corrected chi connectivity index (χ2v) is 5.94. The van der Waals surface area contributed by atoms with Gasteiger partial charge in [-0.2, -0.15) is 0 Å². The van der Waals surface area contributed by atoms with Crippen LogP contribution in [0.5, 0.6) is 5.75 Å². The van der Waals surface area contributed by atoms with Gasteiger partial charge in [0.15, 0.2) is 0 Å². The van der Waals surface area contributed by atoms with E-state index in [-0.39, 0.29) is 17.6 Å². The average Bonchev–Trinajstić information content (AvgIpc) is 2.48. The van der Waals surface area contributed by atoms with E-state index in [1.807, 2.05) is 26.0 Å². The van der Waals surface area contributed by atoms with Crippen molar-refractivity contribution in [1.82, 2.24) is 5.32 Å². The van der Waals surface area contributed by atoms with Gasteiger partial charge in [0.05, 0.1) is 11.6 Å². The van der Waals surface area contributed by atoms with Crippen molar-refractivity contribution in [1.29, 1.82) is 0 Å². The van der Waals surface area contributed by atoms with Gasteiger partial charge in [-0.1, -0.05) is 6.07 Å². The number of nitrogens with one attached hydrogen (secondary N) is 1. The number of hydrogen-bond donors (Lipinski definition) is 1.